The molecule has 0 aliphatic carbocycles. The molecule has 0 bridgehead atoms. The molecule has 0 N–H and O–H groups in total. The minimum Gasteiger partial charge on any atom is -0.461 e. The predicted molar refractivity (Wildman–Crippen MR) is 262 cm³/mol. The van der Waals surface area contributed by atoms with Crippen LogP contribution in [0.15, 0.2) is 121 Å². The number of carbonyl (C=O) groups excluding carboxylic acids is 2. The lowest BCUT2D eigenvalue weighted by Crippen LogP contribution is -2.13. The van der Waals surface area contributed by atoms with Gasteiger partial charge in [-0.3, -0.25) is 9.59 Å². The van der Waals surface area contributed by atoms with Crippen molar-refractivity contribution in [2.75, 3.05) is 0 Å². The Labute approximate surface area is 389 Å². The Hall–Kier alpha value is -6.94. The lowest BCUT2D eigenvalue weighted by atomic mass is 9.84. The molecule has 66 heavy (non-hydrogen) atoms. The van der Waals surface area contributed by atoms with Crippen LogP contribution in [0.3, 0.4) is 0 Å². The van der Waals surface area contributed by atoms with Gasteiger partial charge in [0.1, 0.15) is 24.2 Å². The van der Waals surface area contributed by atoms with E-state index in [1.165, 1.54) is 22.3 Å². The second-order valence-electron chi connectivity index (χ2n) is 17.0. The van der Waals surface area contributed by atoms with Crippen molar-refractivity contribution in [3.8, 4) is 0 Å². The molecule has 10 nitrogen and oxygen atoms in total. The Morgan fingerprint density at radius 3 is 1.27 bits per heavy atom. The van der Waals surface area contributed by atoms with Crippen molar-refractivity contribution in [2.24, 2.45) is 0 Å². The summed E-state index contributed by atoms with van der Waals surface area (Å²) in [6.45, 7) is 18.9. The summed E-state index contributed by atoms with van der Waals surface area (Å²) in [6.07, 6.45) is 2.45. The number of esters is 2. The highest BCUT2D eigenvalue weighted by Crippen LogP contribution is 2.36. The number of rotatable bonds is 16. The number of nitrogens with zero attached hydrogens (tertiary/aromatic N) is 6. The minimum atomic E-state index is -0.209. The van der Waals surface area contributed by atoms with Crippen LogP contribution in [-0.4, -0.2) is 41.9 Å². The molecule has 2 aromatic heterocycles. The zero-order chi connectivity index (χ0) is 46.7. The van der Waals surface area contributed by atoms with Gasteiger partial charge in [0.15, 0.2) is 0 Å². The standard InChI is InChI=1S/2C28H31N3O2/c2*1-5-22-16-23(13-12-19(22)3)25(17-27(32)33-18-21-10-8-7-9-11-21)24-14-15-26-28(20(24)4)29-30-31(26)6-2/h2*7-16,25H,5-6,17-18H2,1-4H3/t2*25-/m10/s1. The minimum absolute atomic E-state index is 0.115. The van der Waals surface area contributed by atoms with E-state index in [2.05, 4.69) is 137 Å². The first kappa shape index (κ1) is 47.0. The van der Waals surface area contributed by atoms with Crippen molar-refractivity contribution in [1.82, 2.24) is 30.0 Å². The molecule has 0 radical (unpaired) electrons. The number of carbonyl (C=O) groups is 2. The molecule has 0 spiro atoms. The van der Waals surface area contributed by atoms with Crippen molar-refractivity contribution in [2.45, 2.75) is 119 Å². The Morgan fingerprint density at radius 1 is 0.515 bits per heavy atom. The fraction of sp³-hybridized carbons (Fsp3) is 0.321. The predicted octanol–water partition coefficient (Wildman–Crippen LogP) is 11.8. The highest BCUT2D eigenvalue weighted by molar-refractivity contribution is 5.82. The van der Waals surface area contributed by atoms with Crippen molar-refractivity contribution >= 4 is 34.0 Å². The van der Waals surface area contributed by atoms with Gasteiger partial charge in [-0.2, -0.15) is 0 Å². The van der Waals surface area contributed by atoms with Gasteiger partial charge in [-0.25, -0.2) is 9.36 Å². The van der Waals surface area contributed by atoms with E-state index < -0.39 is 0 Å². The van der Waals surface area contributed by atoms with Crippen LogP contribution in [0.1, 0.15) is 119 Å². The van der Waals surface area contributed by atoms with Crippen molar-refractivity contribution in [1.29, 1.82) is 0 Å². The Balaban J connectivity index is 0.000000196. The van der Waals surface area contributed by atoms with E-state index in [1.54, 1.807) is 0 Å². The monoisotopic (exact) mass is 882 g/mol. The molecule has 10 heteroatoms. The number of hydrogen-bond acceptors (Lipinski definition) is 8. The SMILES string of the molecule is CCc1cc([C@@H](CC(=O)OCc2ccccc2)c2ccc3c(nnn3CC)c2C)ccc1C.CCc1cc([C@H](CC(=O)OCc2ccccc2)c2ccc3c(nnn3CC)c2C)ccc1C. The highest BCUT2D eigenvalue weighted by atomic mass is 16.5. The maximum absolute atomic E-state index is 13.0. The summed E-state index contributed by atoms with van der Waals surface area (Å²) >= 11 is 0. The van der Waals surface area contributed by atoms with Crippen LogP contribution in [0, 0.1) is 27.7 Å². The molecule has 340 valence electrons. The molecule has 0 saturated heterocycles. The van der Waals surface area contributed by atoms with Gasteiger partial charge in [-0.05, 0) is 133 Å². The average molecular weight is 883 g/mol. The summed E-state index contributed by atoms with van der Waals surface area (Å²) in [5.41, 5.74) is 17.5. The van der Waals surface area contributed by atoms with Crippen LogP contribution in [0.4, 0.5) is 0 Å². The summed E-state index contributed by atoms with van der Waals surface area (Å²) in [5.74, 6) is -0.649. The molecule has 0 amide bonds. The fourth-order valence-corrected chi connectivity index (χ4v) is 8.91. The third-order valence-corrected chi connectivity index (χ3v) is 12.9. The number of aromatic nitrogens is 6. The van der Waals surface area contributed by atoms with E-state index in [0.717, 1.165) is 92.5 Å². The average Bonchev–Trinajstić information content (AvgIpc) is 3.98. The van der Waals surface area contributed by atoms with E-state index in [-0.39, 0.29) is 49.8 Å². The molecular formula is C56H62N6O4. The molecule has 2 heterocycles. The lowest BCUT2D eigenvalue weighted by Gasteiger charge is -2.21. The van der Waals surface area contributed by atoms with E-state index in [9.17, 15) is 9.59 Å². The van der Waals surface area contributed by atoms with E-state index >= 15 is 0 Å². The fourth-order valence-electron chi connectivity index (χ4n) is 8.91. The molecule has 0 fully saturated rings. The van der Waals surface area contributed by atoms with Gasteiger partial charge >= 0.3 is 11.9 Å². The van der Waals surface area contributed by atoms with Crippen molar-refractivity contribution < 1.29 is 19.1 Å². The van der Waals surface area contributed by atoms with E-state index in [0.29, 0.717) is 0 Å². The van der Waals surface area contributed by atoms with Gasteiger partial charge in [0.05, 0.1) is 23.9 Å². The molecular weight excluding hydrogens is 821 g/mol. The number of ether oxygens (including phenoxy) is 2. The quantitative estimate of drug-likeness (QED) is 0.0882. The summed E-state index contributed by atoms with van der Waals surface area (Å²) < 4.78 is 15.1. The lowest BCUT2D eigenvalue weighted by molar-refractivity contribution is -0.146. The topological polar surface area (TPSA) is 114 Å². The van der Waals surface area contributed by atoms with Gasteiger partial charge in [-0.15, -0.1) is 10.2 Å². The van der Waals surface area contributed by atoms with Crippen LogP contribution >= 0.6 is 0 Å². The van der Waals surface area contributed by atoms with Crippen molar-refractivity contribution in [3.63, 3.8) is 0 Å². The summed E-state index contributed by atoms with van der Waals surface area (Å²) in [5, 5.41) is 17.4. The first-order chi connectivity index (χ1) is 32.0. The van der Waals surface area contributed by atoms with Gasteiger partial charge in [0.25, 0.3) is 0 Å². The second kappa shape index (κ2) is 21.8. The van der Waals surface area contributed by atoms with Gasteiger partial charge in [-0.1, -0.05) is 133 Å². The zero-order valence-electron chi connectivity index (χ0n) is 39.7. The summed E-state index contributed by atoms with van der Waals surface area (Å²) in [6, 6.07) is 41.0. The van der Waals surface area contributed by atoms with Crippen LogP contribution < -0.4 is 0 Å². The Morgan fingerprint density at radius 2 is 0.909 bits per heavy atom. The largest absolute Gasteiger partial charge is 0.461 e. The van der Waals surface area contributed by atoms with Crippen LogP contribution in [0.2, 0.25) is 0 Å². The molecule has 0 unspecified atom stereocenters. The number of benzene rings is 6. The normalized spacial score (nSPS) is 12.1. The number of hydrogen-bond donors (Lipinski definition) is 0. The van der Waals surface area contributed by atoms with Gasteiger partial charge in [0, 0.05) is 24.9 Å². The van der Waals surface area contributed by atoms with Gasteiger partial charge < -0.3 is 9.47 Å². The molecule has 0 aliphatic heterocycles. The molecule has 2 atom stereocenters. The molecule has 8 rings (SSSR count). The summed E-state index contributed by atoms with van der Waals surface area (Å²) in [4.78, 5) is 25.9. The maximum atomic E-state index is 13.0. The zero-order valence-corrected chi connectivity index (χ0v) is 39.7. The second-order valence-corrected chi connectivity index (χ2v) is 17.0. The molecule has 8 aromatic rings. The van der Waals surface area contributed by atoms with Crippen molar-refractivity contribution in [3.05, 3.63) is 188 Å². The molecule has 0 saturated carbocycles. The number of fused-ring (bicyclic) bond motifs is 2. The third-order valence-electron chi connectivity index (χ3n) is 12.9. The van der Waals surface area contributed by atoms with Gasteiger partial charge in [0.2, 0.25) is 0 Å². The van der Waals surface area contributed by atoms with E-state index in [1.807, 2.05) is 70.0 Å². The molecule has 6 aromatic carbocycles. The summed E-state index contributed by atoms with van der Waals surface area (Å²) in [7, 11) is 0. The molecule has 0 aliphatic rings. The smallest absolute Gasteiger partial charge is 0.307 e. The van der Waals surface area contributed by atoms with Crippen LogP contribution in [-0.2, 0) is 58.2 Å². The maximum Gasteiger partial charge on any atom is 0.307 e. The first-order valence-electron chi connectivity index (χ1n) is 23.3. The van der Waals surface area contributed by atoms with Crippen LogP contribution in [0.25, 0.3) is 22.1 Å². The Bertz CT molecular complexity index is 2720. The first-order valence-corrected chi connectivity index (χ1v) is 23.3. The number of aryl methyl sites for hydroxylation is 8. The highest BCUT2D eigenvalue weighted by Gasteiger charge is 2.26. The van der Waals surface area contributed by atoms with Crippen LogP contribution in [0.5, 0.6) is 0 Å². The van der Waals surface area contributed by atoms with E-state index in [4.69, 9.17) is 9.47 Å². The third kappa shape index (κ3) is 10.8. The Kier molecular flexibility index (Phi) is 15.6.